The third-order valence-electron chi connectivity index (χ3n) is 4.62. The molecule has 1 amide bonds. The molecule has 2 atom stereocenters. The molecule has 19 heavy (non-hydrogen) atoms. The van der Waals surface area contributed by atoms with Gasteiger partial charge in [0.2, 0.25) is 5.91 Å². The van der Waals surface area contributed by atoms with Crippen LogP contribution in [0.15, 0.2) is 12.1 Å². The number of piperidine rings is 1. The maximum absolute atomic E-state index is 12.7. The molecular formula is C15H23N3O. The molecule has 0 radical (unpaired) electrons. The Morgan fingerprint density at radius 3 is 2.95 bits per heavy atom. The first kappa shape index (κ1) is 12.7. The normalized spacial score (nSPS) is 27.2. The Kier molecular flexibility index (Phi) is 3.35. The SMILES string of the molecule is Cc1ccc2n1CCN(C(=O)C1CCCNC1)C2C. The van der Waals surface area contributed by atoms with Gasteiger partial charge >= 0.3 is 0 Å². The fourth-order valence-electron chi connectivity index (χ4n) is 3.42. The van der Waals surface area contributed by atoms with Crippen molar-refractivity contribution in [1.29, 1.82) is 0 Å². The second-order valence-corrected chi connectivity index (χ2v) is 5.80. The second kappa shape index (κ2) is 5.00. The molecule has 0 spiro atoms. The Balaban J connectivity index is 1.77. The third-order valence-corrected chi connectivity index (χ3v) is 4.62. The fraction of sp³-hybridized carbons (Fsp3) is 0.667. The van der Waals surface area contributed by atoms with E-state index in [1.165, 1.54) is 11.4 Å². The molecule has 0 saturated carbocycles. The summed E-state index contributed by atoms with van der Waals surface area (Å²) in [6.45, 7) is 7.98. The smallest absolute Gasteiger partial charge is 0.227 e. The lowest BCUT2D eigenvalue weighted by Crippen LogP contribution is -2.47. The van der Waals surface area contributed by atoms with Crippen molar-refractivity contribution in [3.05, 3.63) is 23.5 Å². The molecule has 2 aliphatic rings. The Bertz CT molecular complexity index is 474. The van der Waals surface area contributed by atoms with E-state index in [0.29, 0.717) is 5.91 Å². The van der Waals surface area contributed by atoms with Gasteiger partial charge in [0.05, 0.1) is 12.0 Å². The molecule has 104 valence electrons. The predicted octanol–water partition coefficient (Wildman–Crippen LogP) is 1.70. The standard InChI is InChI=1S/C15H23N3O/c1-11-5-6-14-12(2)18(9-8-17(11)14)15(19)13-4-3-7-16-10-13/h5-6,12-13,16H,3-4,7-10H2,1-2H3. The van der Waals surface area contributed by atoms with E-state index in [1.807, 2.05) is 0 Å². The molecular weight excluding hydrogens is 238 g/mol. The van der Waals surface area contributed by atoms with Gasteiger partial charge in [0, 0.05) is 31.0 Å². The summed E-state index contributed by atoms with van der Waals surface area (Å²) in [5.74, 6) is 0.517. The van der Waals surface area contributed by atoms with E-state index >= 15 is 0 Å². The van der Waals surface area contributed by atoms with E-state index in [-0.39, 0.29) is 12.0 Å². The summed E-state index contributed by atoms with van der Waals surface area (Å²) >= 11 is 0. The van der Waals surface area contributed by atoms with Crippen molar-refractivity contribution in [3.8, 4) is 0 Å². The zero-order valence-corrected chi connectivity index (χ0v) is 11.9. The molecule has 2 unspecified atom stereocenters. The highest BCUT2D eigenvalue weighted by molar-refractivity contribution is 5.79. The van der Waals surface area contributed by atoms with Gasteiger partial charge < -0.3 is 14.8 Å². The van der Waals surface area contributed by atoms with Crippen molar-refractivity contribution in [2.75, 3.05) is 19.6 Å². The van der Waals surface area contributed by atoms with Gasteiger partial charge in [0.15, 0.2) is 0 Å². The minimum atomic E-state index is 0.179. The summed E-state index contributed by atoms with van der Waals surface area (Å²) in [6, 6.07) is 4.53. The lowest BCUT2D eigenvalue weighted by molar-refractivity contribution is -0.139. The molecule has 4 heteroatoms. The third kappa shape index (κ3) is 2.18. The van der Waals surface area contributed by atoms with Crippen molar-refractivity contribution in [2.45, 2.75) is 39.3 Å². The van der Waals surface area contributed by atoms with Crippen LogP contribution in [0.3, 0.4) is 0 Å². The molecule has 0 bridgehead atoms. The lowest BCUT2D eigenvalue weighted by Gasteiger charge is -2.38. The van der Waals surface area contributed by atoms with Crippen molar-refractivity contribution in [1.82, 2.24) is 14.8 Å². The van der Waals surface area contributed by atoms with Gasteiger partial charge in [0.1, 0.15) is 0 Å². The van der Waals surface area contributed by atoms with Crippen LogP contribution < -0.4 is 5.32 Å². The van der Waals surface area contributed by atoms with Crippen molar-refractivity contribution in [3.63, 3.8) is 0 Å². The van der Waals surface area contributed by atoms with Crippen LogP contribution in [0.5, 0.6) is 0 Å². The number of carbonyl (C=O) groups excluding carboxylic acids is 1. The Labute approximate surface area is 114 Å². The molecule has 3 rings (SSSR count). The molecule has 1 aromatic rings. The van der Waals surface area contributed by atoms with Gasteiger partial charge in [-0.1, -0.05) is 0 Å². The molecule has 1 fully saturated rings. The minimum Gasteiger partial charge on any atom is -0.345 e. The van der Waals surface area contributed by atoms with Crippen molar-refractivity contribution in [2.24, 2.45) is 5.92 Å². The maximum Gasteiger partial charge on any atom is 0.227 e. The van der Waals surface area contributed by atoms with Crippen LogP contribution in [0.25, 0.3) is 0 Å². The van der Waals surface area contributed by atoms with Crippen LogP contribution in [0.1, 0.15) is 37.2 Å². The zero-order chi connectivity index (χ0) is 13.4. The first-order valence-corrected chi connectivity index (χ1v) is 7.35. The molecule has 0 aromatic carbocycles. The number of nitrogens with one attached hydrogen (secondary N) is 1. The van der Waals surface area contributed by atoms with Gasteiger partial charge in [0.25, 0.3) is 0 Å². The number of carbonyl (C=O) groups is 1. The number of nitrogens with zero attached hydrogens (tertiary/aromatic N) is 2. The first-order valence-electron chi connectivity index (χ1n) is 7.35. The first-order chi connectivity index (χ1) is 9.18. The largest absolute Gasteiger partial charge is 0.345 e. The average molecular weight is 261 g/mol. The second-order valence-electron chi connectivity index (χ2n) is 5.80. The van der Waals surface area contributed by atoms with E-state index in [4.69, 9.17) is 0 Å². The quantitative estimate of drug-likeness (QED) is 0.835. The van der Waals surface area contributed by atoms with Gasteiger partial charge in [-0.05, 0) is 45.4 Å². The Morgan fingerprint density at radius 2 is 2.21 bits per heavy atom. The van der Waals surface area contributed by atoms with Gasteiger partial charge in [-0.15, -0.1) is 0 Å². The zero-order valence-electron chi connectivity index (χ0n) is 11.9. The van der Waals surface area contributed by atoms with Crippen molar-refractivity contribution < 1.29 is 4.79 Å². The highest BCUT2D eigenvalue weighted by atomic mass is 16.2. The molecule has 1 saturated heterocycles. The summed E-state index contributed by atoms with van der Waals surface area (Å²) in [5, 5.41) is 3.34. The number of amides is 1. The Morgan fingerprint density at radius 1 is 1.37 bits per heavy atom. The lowest BCUT2D eigenvalue weighted by atomic mass is 9.96. The predicted molar refractivity (Wildman–Crippen MR) is 74.9 cm³/mol. The summed E-state index contributed by atoms with van der Waals surface area (Å²) in [6.07, 6.45) is 2.16. The Hall–Kier alpha value is -1.29. The van der Waals surface area contributed by atoms with Gasteiger partial charge in [-0.2, -0.15) is 0 Å². The number of hydrogen-bond acceptors (Lipinski definition) is 2. The van der Waals surface area contributed by atoms with Crippen LogP contribution in [0, 0.1) is 12.8 Å². The van der Waals surface area contributed by atoms with E-state index in [2.05, 4.69) is 40.8 Å². The summed E-state index contributed by atoms with van der Waals surface area (Å²) in [7, 11) is 0. The molecule has 3 heterocycles. The number of fused-ring (bicyclic) bond motifs is 1. The average Bonchev–Trinajstić information content (AvgIpc) is 2.82. The van der Waals surface area contributed by atoms with Crippen LogP contribution in [0.4, 0.5) is 0 Å². The van der Waals surface area contributed by atoms with Crippen molar-refractivity contribution >= 4 is 5.91 Å². The van der Waals surface area contributed by atoms with Crippen LogP contribution in [-0.4, -0.2) is 35.0 Å². The molecule has 2 aliphatic heterocycles. The van der Waals surface area contributed by atoms with E-state index in [9.17, 15) is 4.79 Å². The van der Waals surface area contributed by atoms with E-state index < -0.39 is 0 Å². The summed E-state index contributed by atoms with van der Waals surface area (Å²) in [4.78, 5) is 14.7. The molecule has 4 nitrogen and oxygen atoms in total. The number of aryl methyl sites for hydroxylation is 1. The molecule has 1 N–H and O–H groups in total. The summed E-state index contributed by atoms with van der Waals surface area (Å²) < 4.78 is 2.34. The molecule has 1 aromatic heterocycles. The maximum atomic E-state index is 12.7. The minimum absolute atomic E-state index is 0.179. The number of rotatable bonds is 1. The highest BCUT2D eigenvalue weighted by Gasteiger charge is 2.32. The molecule has 0 aliphatic carbocycles. The number of aromatic nitrogens is 1. The topological polar surface area (TPSA) is 37.3 Å². The monoisotopic (exact) mass is 261 g/mol. The summed E-state index contributed by atoms with van der Waals surface area (Å²) in [5.41, 5.74) is 2.58. The fourth-order valence-corrected chi connectivity index (χ4v) is 3.42. The van der Waals surface area contributed by atoms with Crippen LogP contribution >= 0.6 is 0 Å². The van der Waals surface area contributed by atoms with Crippen LogP contribution in [0.2, 0.25) is 0 Å². The number of hydrogen-bond donors (Lipinski definition) is 1. The van der Waals surface area contributed by atoms with E-state index in [0.717, 1.165) is 39.0 Å². The van der Waals surface area contributed by atoms with Gasteiger partial charge in [-0.25, -0.2) is 0 Å². The van der Waals surface area contributed by atoms with Gasteiger partial charge in [-0.3, -0.25) is 4.79 Å². The highest BCUT2D eigenvalue weighted by Crippen LogP contribution is 2.29. The van der Waals surface area contributed by atoms with Crippen LogP contribution in [-0.2, 0) is 11.3 Å². The van der Waals surface area contributed by atoms with E-state index in [1.54, 1.807) is 0 Å².